The SMILES string of the molecule is CNCC1=CC[C@H](N)[C@H](O[C@H]2[C@H](O[C@@H]3O[C@H](CO)[C@@H](O[C@@H]4O[C@H](CN)[C@H](O)[C@@H](O)[C@@H]4N)[C@H]3O)[C@@H](O)[C@H](N)C[C@@H]2N)O1. The Morgan fingerprint density at radius 3 is 2.12 bits per heavy atom. The van der Waals surface area contributed by atoms with E-state index in [1.54, 1.807) is 7.05 Å². The molecule has 17 heteroatoms. The third-order valence-corrected chi connectivity index (χ3v) is 7.98. The fourth-order valence-electron chi connectivity index (χ4n) is 5.55. The highest BCUT2D eigenvalue weighted by molar-refractivity contribution is 5.04. The van der Waals surface area contributed by atoms with Crippen molar-refractivity contribution in [1.82, 2.24) is 5.32 Å². The Labute approximate surface area is 237 Å². The second-order valence-corrected chi connectivity index (χ2v) is 11.0. The summed E-state index contributed by atoms with van der Waals surface area (Å²) in [7, 11) is 1.77. The van der Waals surface area contributed by atoms with E-state index in [1.165, 1.54) is 0 Å². The van der Waals surface area contributed by atoms with Crippen LogP contribution in [0.5, 0.6) is 0 Å². The smallest absolute Gasteiger partial charge is 0.215 e. The van der Waals surface area contributed by atoms with Crippen LogP contribution in [0.4, 0.5) is 0 Å². The first-order valence-corrected chi connectivity index (χ1v) is 13.8. The average Bonchev–Trinajstić information content (AvgIpc) is 3.24. The van der Waals surface area contributed by atoms with Crippen LogP contribution in [0.3, 0.4) is 0 Å². The van der Waals surface area contributed by atoms with Crippen molar-refractivity contribution in [1.29, 1.82) is 0 Å². The van der Waals surface area contributed by atoms with Crippen molar-refractivity contribution in [2.75, 3.05) is 26.7 Å². The van der Waals surface area contributed by atoms with Gasteiger partial charge in [-0.2, -0.15) is 0 Å². The number of likely N-dealkylation sites (N-methyl/N-ethyl adjacent to an activating group) is 1. The Kier molecular flexibility index (Phi) is 11.3. The average molecular weight is 595 g/mol. The molecule has 3 aliphatic heterocycles. The second-order valence-electron chi connectivity index (χ2n) is 11.0. The van der Waals surface area contributed by atoms with Gasteiger partial charge in [0.1, 0.15) is 54.6 Å². The predicted molar refractivity (Wildman–Crippen MR) is 140 cm³/mol. The molecule has 16 N–H and O–H groups in total. The molecule has 2 saturated heterocycles. The molecule has 0 radical (unpaired) electrons. The van der Waals surface area contributed by atoms with Crippen LogP contribution in [0, 0.1) is 0 Å². The Balaban J connectivity index is 1.48. The molecule has 0 unspecified atom stereocenters. The summed E-state index contributed by atoms with van der Waals surface area (Å²) in [6.45, 7) is -0.266. The molecule has 0 aromatic rings. The number of ether oxygens (including phenoxy) is 6. The van der Waals surface area contributed by atoms with E-state index >= 15 is 0 Å². The highest BCUT2D eigenvalue weighted by Gasteiger charge is 2.53. The van der Waals surface area contributed by atoms with E-state index in [4.69, 9.17) is 57.1 Å². The van der Waals surface area contributed by atoms with Gasteiger partial charge in [-0.15, -0.1) is 0 Å². The van der Waals surface area contributed by atoms with Gasteiger partial charge in [-0.1, -0.05) is 0 Å². The fourth-order valence-corrected chi connectivity index (χ4v) is 5.55. The second kappa shape index (κ2) is 14.1. The highest BCUT2D eigenvalue weighted by Crippen LogP contribution is 2.34. The molecule has 3 fully saturated rings. The van der Waals surface area contributed by atoms with Crippen LogP contribution < -0.4 is 34.0 Å². The summed E-state index contributed by atoms with van der Waals surface area (Å²) in [5.74, 6) is 0.635. The number of hydrogen-bond donors (Lipinski definition) is 11. The van der Waals surface area contributed by atoms with Crippen molar-refractivity contribution < 1.29 is 54.0 Å². The molecule has 0 aromatic carbocycles. The van der Waals surface area contributed by atoms with Gasteiger partial charge in [0.25, 0.3) is 0 Å². The van der Waals surface area contributed by atoms with E-state index in [0.717, 1.165) is 0 Å². The van der Waals surface area contributed by atoms with Gasteiger partial charge in [0.15, 0.2) is 12.6 Å². The summed E-state index contributed by atoms with van der Waals surface area (Å²) in [5, 5.41) is 55.5. The zero-order valence-electron chi connectivity index (χ0n) is 22.9. The molecule has 4 aliphatic rings. The molecule has 0 aromatic heterocycles. The third kappa shape index (κ3) is 7.01. The van der Waals surface area contributed by atoms with Crippen LogP contribution in [-0.2, 0) is 28.4 Å². The summed E-state index contributed by atoms with van der Waals surface area (Å²) >= 11 is 0. The number of aliphatic hydroxyl groups is 5. The lowest BCUT2D eigenvalue weighted by Crippen LogP contribution is -2.65. The summed E-state index contributed by atoms with van der Waals surface area (Å²) < 4.78 is 35.3. The van der Waals surface area contributed by atoms with Gasteiger partial charge >= 0.3 is 0 Å². The Hall–Kier alpha value is -1.10. The number of aliphatic hydroxyl groups excluding tert-OH is 5. The van der Waals surface area contributed by atoms with Crippen LogP contribution >= 0.6 is 0 Å². The maximum atomic E-state index is 11.1. The molecule has 0 spiro atoms. The quantitative estimate of drug-likeness (QED) is 0.112. The van der Waals surface area contributed by atoms with E-state index in [-0.39, 0.29) is 13.0 Å². The maximum absolute atomic E-state index is 11.1. The molecule has 0 bridgehead atoms. The minimum Gasteiger partial charge on any atom is -0.467 e. The van der Waals surface area contributed by atoms with Gasteiger partial charge in [0.05, 0.1) is 31.3 Å². The normalized spacial score (nSPS) is 49.0. The zero-order valence-corrected chi connectivity index (χ0v) is 22.9. The Morgan fingerprint density at radius 2 is 1.46 bits per heavy atom. The Bertz CT molecular complexity index is 876. The molecule has 0 amide bonds. The summed E-state index contributed by atoms with van der Waals surface area (Å²) in [4.78, 5) is 0. The fraction of sp³-hybridized carbons (Fsp3) is 0.917. The van der Waals surface area contributed by atoms with Crippen molar-refractivity contribution >= 4 is 0 Å². The molecular formula is C24H46N6O11. The lowest BCUT2D eigenvalue weighted by molar-refractivity contribution is -0.282. The minimum absolute atomic E-state index is 0.133. The number of nitrogens with one attached hydrogen (secondary N) is 1. The number of hydrogen-bond acceptors (Lipinski definition) is 17. The topological polar surface area (TPSA) is 299 Å². The number of rotatable bonds is 10. The van der Waals surface area contributed by atoms with Crippen LogP contribution in [0.2, 0.25) is 0 Å². The van der Waals surface area contributed by atoms with Crippen LogP contribution in [0.15, 0.2) is 11.8 Å². The van der Waals surface area contributed by atoms with Crippen molar-refractivity contribution in [2.24, 2.45) is 28.7 Å². The van der Waals surface area contributed by atoms with Gasteiger partial charge in [-0.25, -0.2) is 0 Å². The van der Waals surface area contributed by atoms with Crippen molar-refractivity contribution in [3.8, 4) is 0 Å². The van der Waals surface area contributed by atoms with Crippen LogP contribution in [-0.4, -0.2) is 150 Å². The summed E-state index contributed by atoms with van der Waals surface area (Å²) in [5.41, 5.74) is 30.4. The number of nitrogens with two attached hydrogens (primary N) is 5. The first-order valence-electron chi connectivity index (χ1n) is 13.8. The molecule has 3 heterocycles. The van der Waals surface area contributed by atoms with Gasteiger partial charge in [0.2, 0.25) is 6.29 Å². The monoisotopic (exact) mass is 594 g/mol. The lowest BCUT2D eigenvalue weighted by Gasteiger charge is -2.45. The predicted octanol–water partition coefficient (Wildman–Crippen LogP) is -6.45. The van der Waals surface area contributed by atoms with Crippen molar-refractivity contribution in [3.63, 3.8) is 0 Å². The third-order valence-electron chi connectivity index (χ3n) is 7.98. The van der Waals surface area contributed by atoms with Gasteiger partial charge in [0, 0.05) is 18.6 Å². The van der Waals surface area contributed by atoms with E-state index in [9.17, 15) is 25.5 Å². The van der Waals surface area contributed by atoms with E-state index in [2.05, 4.69) is 5.32 Å². The molecule has 17 nitrogen and oxygen atoms in total. The first-order chi connectivity index (χ1) is 19.5. The zero-order chi connectivity index (χ0) is 30.0. The summed E-state index contributed by atoms with van der Waals surface area (Å²) in [6.07, 6.45) is -12.1. The Morgan fingerprint density at radius 1 is 0.805 bits per heavy atom. The van der Waals surface area contributed by atoms with Gasteiger partial charge < -0.3 is 87.9 Å². The summed E-state index contributed by atoms with van der Waals surface area (Å²) in [6, 6.07) is -3.19. The van der Waals surface area contributed by atoms with E-state index in [1.807, 2.05) is 6.08 Å². The molecule has 4 rings (SSSR count). The molecular weight excluding hydrogens is 548 g/mol. The van der Waals surface area contributed by atoms with Crippen molar-refractivity contribution in [2.45, 2.75) is 111 Å². The molecule has 1 saturated carbocycles. The van der Waals surface area contributed by atoms with Crippen LogP contribution in [0.25, 0.3) is 0 Å². The van der Waals surface area contributed by atoms with Gasteiger partial charge in [-0.05, 0) is 26.0 Å². The van der Waals surface area contributed by atoms with Crippen molar-refractivity contribution in [3.05, 3.63) is 11.8 Å². The largest absolute Gasteiger partial charge is 0.467 e. The molecule has 1 aliphatic carbocycles. The van der Waals surface area contributed by atoms with E-state index < -0.39 is 105 Å². The molecule has 16 atom stereocenters. The first kappa shape index (κ1) is 32.8. The lowest BCUT2D eigenvalue weighted by atomic mass is 9.84. The van der Waals surface area contributed by atoms with E-state index in [0.29, 0.717) is 18.7 Å². The maximum Gasteiger partial charge on any atom is 0.215 e. The molecule has 238 valence electrons. The van der Waals surface area contributed by atoms with Gasteiger partial charge in [-0.3, -0.25) is 0 Å². The standard InChI is InChI=1S/C24H46N6O11/c1-30-6-8-2-3-9(26)22(36-8)39-19-11(28)4-10(27)15(32)21(19)41-24-18(35)20(13(7-31)38-24)40-23-14(29)17(34)16(33)12(5-25)37-23/h2,9-24,30-35H,3-7,25-29H2,1H3/t9-,10+,11-,12+,13+,14-,15-,16-,17-,18+,19+,20+,21+,22-,23-,24-/m0/s1. The van der Waals surface area contributed by atoms with Crippen LogP contribution in [0.1, 0.15) is 12.8 Å². The molecule has 41 heavy (non-hydrogen) atoms. The minimum atomic E-state index is -1.52. The highest BCUT2D eigenvalue weighted by atomic mass is 16.8.